The Bertz CT molecular complexity index is 1470. The first kappa shape index (κ1) is 23.5. The van der Waals surface area contributed by atoms with Crippen LogP contribution in [0.4, 0.5) is 32.0 Å². The molecule has 4 aromatic rings. The molecule has 36 heavy (non-hydrogen) atoms. The molecule has 0 atom stereocenters. The van der Waals surface area contributed by atoms with Crippen molar-refractivity contribution >= 4 is 22.5 Å². The number of hydrogen-bond acceptors (Lipinski definition) is 4. The van der Waals surface area contributed by atoms with Crippen molar-refractivity contribution in [2.45, 2.75) is 12.4 Å². The van der Waals surface area contributed by atoms with E-state index in [1.807, 2.05) is 0 Å². The van der Waals surface area contributed by atoms with E-state index in [4.69, 9.17) is 9.47 Å². The molecule has 184 valence electrons. The van der Waals surface area contributed by atoms with Crippen LogP contribution in [0.5, 0.6) is 11.5 Å². The van der Waals surface area contributed by atoms with Gasteiger partial charge >= 0.3 is 12.4 Å². The summed E-state index contributed by atoms with van der Waals surface area (Å²) in [6.07, 6.45) is -10.1. The molecule has 0 radical (unpaired) electrons. The molecule has 1 aromatic heterocycles. The van der Waals surface area contributed by atoms with Crippen LogP contribution in [0.25, 0.3) is 22.2 Å². The van der Waals surface area contributed by atoms with Gasteiger partial charge in [-0.3, -0.25) is 4.79 Å². The van der Waals surface area contributed by atoms with Crippen LogP contribution < -0.4 is 14.8 Å². The Labute approximate surface area is 199 Å². The number of nitrogens with zero attached hydrogens (tertiary/aromatic N) is 1. The molecule has 1 N–H and O–H groups in total. The van der Waals surface area contributed by atoms with Gasteiger partial charge in [0.15, 0.2) is 11.5 Å². The molecule has 0 spiro atoms. The molecule has 0 fully saturated rings. The number of aromatic nitrogens is 1. The third kappa shape index (κ3) is 4.51. The van der Waals surface area contributed by atoms with Gasteiger partial charge in [0.2, 0.25) is 6.79 Å². The molecule has 1 amide bonds. The smallest absolute Gasteiger partial charge is 0.416 e. The second-order valence-corrected chi connectivity index (χ2v) is 7.89. The van der Waals surface area contributed by atoms with E-state index in [0.29, 0.717) is 45.8 Å². The number of carbonyl (C=O) groups excluding carboxylic acids is 1. The maximum Gasteiger partial charge on any atom is 0.416 e. The van der Waals surface area contributed by atoms with E-state index in [2.05, 4.69) is 10.3 Å². The Hall–Kier alpha value is -4.28. The number of para-hydroxylation sites is 1. The quantitative estimate of drug-likeness (QED) is 0.308. The molecule has 1 aliphatic heterocycles. The first-order valence-electron chi connectivity index (χ1n) is 10.4. The molecule has 11 heteroatoms. The van der Waals surface area contributed by atoms with Crippen molar-refractivity contribution in [2.75, 3.05) is 12.1 Å². The van der Waals surface area contributed by atoms with Crippen molar-refractivity contribution in [3.05, 3.63) is 83.4 Å². The van der Waals surface area contributed by atoms with Crippen LogP contribution in [0.1, 0.15) is 21.5 Å². The van der Waals surface area contributed by atoms with Gasteiger partial charge in [0.05, 0.1) is 27.9 Å². The van der Waals surface area contributed by atoms with Crippen LogP contribution in [0.15, 0.2) is 66.7 Å². The summed E-state index contributed by atoms with van der Waals surface area (Å²) >= 11 is 0. The summed E-state index contributed by atoms with van der Waals surface area (Å²) in [7, 11) is 0. The lowest BCUT2D eigenvalue weighted by Crippen LogP contribution is -2.16. The molecule has 0 saturated heterocycles. The zero-order valence-corrected chi connectivity index (χ0v) is 18.0. The van der Waals surface area contributed by atoms with E-state index in [-0.39, 0.29) is 18.4 Å². The van der Waals surface area contributed by atoms with Gasteiger partial charge in [-0.25, -0.2) is 4.98 Å². The predicted octanol–water partition coefficient (Wildman–Crippen LogP) is 6.92. The number of benzene rings is 3. The number of carbonyl (C=O) groups is 1. The van der Waals surface area contributed by atoms with Crippen LogP contribution in [-0.4, -0.2) is 17.7 Å². The second-order valence-electron chi connectivity index (χ2n) is 7.89. The third-order valence-corrected chi connectivity index (χ3v) is 5.47. The highest BCUT2D eigenvalue weighted by atomic mass is 19.4. The van der Waals surface area contributed by atoms with Crippen LogP contribution in [0.2, 0.25) is 0 Å². The van der Waals surface area contributed by atoms with Crippen LogP contribution in [0, 0.1) is 0 Å². The van der Waals surface area contributed by atoms with Gasteiger partial charge in [-0.15, -0.1) is 0 Å². The average Bonchev–Trinajstić information content (AvgIpc) is 3.30. The van der Waals surface area contributed by atoms with E-state index in [9.17, 15) is 31.1 Å². The summed E-state index contributed by atoms with van der Waals surface area (Å²) in [5.74, 6) is 0.0997. The van der Waals surface area contributed by atoms with E-state index in [1.54, 1.807) is 42.5 Å². The zero-order valence-electron chi connectivity index (χ0n) is 18.0. The van der Waals surface area contributed by atoms with Gasteiger partial charge < -0.3 is 14.8 Å². The molecule has 5 nitrogen and oxygen atoms in total. The number of amides is 1. The summed E-state index contributed by atoms with van der Waals surface area (Å²) in [6.45, 7) is 0.0501. The largest absolute Gasteiger partial charge is 0.454 e. The lowest BCUT2D eigenvalue weighted by Gasteiger charge is -2.15. The Kier molecular flexibility index (Phi) is 5.50. The van der Waals surface area contributed by atoms with E-state index >= 15 is 0 Å². The number of anilines is 1. The summed E-state index contributed by atoms with van der Waals surface area (Å²) < 4.78 is 90.1. The van der Waals surface area contributed by atoms with Crippen molar-refractivity contribution in [3.8, 4) is 22.8 Å². The number of hydrogen-bond donors (Lipinski definition) is 1. The Balaban J connectivity index is 1.58. The average molecular weight is 504 g/mol. The zero-order chi connectivity index (χ0) is 25.7. The highest BCUT2D eigenvalue weighted by molar-refractivity contribution is 6.13. The molecule has 0 unspecified atom stereocenters. The van der Waals surface area contributed by atoms with Crippen molar-refractivity contribution in [3.63, 3.8) is 0 Å². The lowest BCUT2D eigenvalue weighted by atomic mass is 10.0. The number of rotatable bonds is 3. The van der Waals surface area contributed by atoms with Crippen molar-refractivity contribution < 1.29 is 40.6 Å². The summed E-state index contributed by atoms with van der Waals surface area (Å²) in [6, 6.07) is 13.8. The van der Waals surface area contributed by atoms with Crippen LogP contribution in [-0.2, 0) is 12.4 Å². The topological polar surface area (TPSA) is 60.5 Å². The second kappa shape index (κ2) is 8.43. The summed E-state index contributed by atoms with van der Waals surface area (Å²) in [5, 5.41) is 2.55. The summed E-state index contributed by atoms with van der Waals surface area (Å²) in [5.41, 5.74) is -2.39. The molecular weight excluding hydrogens is 490 g/mol. The fourth-order valence-electron chi connectivity index (χ4n) is 3.79. The normalized spacial score (nSPS) is 13.2. The first-order chi connectivity index (χ1) is 17.0. The number of alkyl halides is 6. The maximum absolute atomic E-state index is 13.2. The SMILES string of the molecule is O=C(Nc1cc(C(F)(F)F)cc(C(F)(F)F)c1)c1cc(-c2ccc3c(c2)OCO3)nc2ccccc12. The van der Waals surface area contributed by atoms with Crippen LogP contribution >= 0.6 is 0 Å². The van der Waals surface area contributed by atoms with Gasteiger partial charge in [0, 0.05) is 16.6 Å². The van der Waals surface area contributed by atoms with Crippen molar-refractivity contribution in [2.24, 2.45) is 0 Å². The monoisotopic (exact) mass is 504 g/mol. The molecule has 2 heterocycles. The first-order valence-corrected chi connectivity index (χ1v) is 10.4. The third-order valence-electron chi connectivity index (χ3n) is 5.47. The van der Waals surface area contributed by atoms with Crippen LogP contribution in [0.3, 0.4) is 0 Å². The number of nitrogens with one attached hydrogen (secondary N) is 1. The van der Waals surface area contributed by atoms with E-state index in [0.717, 1.165) is 0 Å². The Morgan fingerprint density at radius 2 is 1.47 bits per heavy atom. The van der Waals surface area contributed by atoms with E-state index < -0.39 is 35.1 Å². The minimum Gasteiger partial charge on any atom is -0.454 e. The number of halogens is 6. The Morgan fingerprint density at radius 3 is 2.17 bits per heavy atom. The predicted molar refractivity (Wildman–Crippen MR) is 118 cm³/mol. The fraction of sp³-hybridized carbons (Fsp3) is 0.120. The van der Waals surface area contributed by atoms with Gasteiger partial charge in [-0.1, -0.05) is 18.2 Å². The molecule has 5 rings (SSSR count). The Morgan fingerprint density at radius 1 is 0.806 bits per heavy atom. The molecule has 0 saturated carbocycles. The highest BCUT2D eigenvalue weighted by Crippen LogP contribution is 2.39. The minimum atomic E-state index is -5.05. The lowest BCUT2D eigenvalue weighted by molar-refractivity contribution is -0.143. The number of fused-ring (bicyclic) bond motifs is 2. The fourth-order valence-corrected chi connectivity index (χ4v) is 3.79. The number of ether oxygens (including phenoxy) is 2. The molecule has 1 aliphatic rings. The van der Waals surface area contributed by atoms with Gasteiger partial charge in [0.25, 0.3) is 5.91 Å². The molecular formula is C25H14F6N2O3. The standard InChI is InChI=1S/C25H14F6N2O3/c26-24(27,28)14-8-15(25(29,30)31)10-16(9-14)32-23(34)18-11-20(33-19-4-2-1-3-17(18)19)13-5-6-21-22(7-13)36-12-35-21/h1-11H,12H2,(H,32,34). The number of pyridine rings is 1. The van der Waals surface area contributed by atoms with Gasteiger partial charge in [-0.05, 0) is 48.5 Å². The molecule has 0 aliphatic carbocycles. The summed E-state index contributed by atoms with van der Waals surface area (Å²) in [4.78, 5) is 17.7. The van der Waals surface area contributed by atoms with Gasteiger partial charge in [-0.2, -0.15) is 26.3 Å². The van der Waals surface area contributed by atoms with Crippen molar-refractivity contribution in [1.29, 1.82) is 0 Å². The minimum absolute atomic E-state index is 0.00473. The maximum atomic E-state index is 13.2. The van der Waals surface area contributed by atoms with E-state index in [1.165, 1.54) is 6.07 Å². The van der Waals surface area contributed by atoms with Gasteiger partial charge in [0.1, 0.15) is 0 Å². The van der Waals surface area contributed by atoms with Crippen molar-refractivity contribution in [1.82, 2.24) is 4.98 Å². The molecule has 3 aromatic carbocycles. The highest BCUT2D eigenvalue weighted by Gasteiger charge is 2.37. The molecule has 0 bridgehead atoms.